The Morgan fingerprint density at radius 1 is 1.19 bits per heavy atom. The zero-order valence-corrected chi connectivity index (χ0v) is 15.5. The molecule has 7 heteroatoms. The van der Waals surface area contributed by atoms with E-state index in [-0.39, 0.29) is 16.2 Å². The highest BCUT2D eigenvalue weighted by Crippen LogP contribution is 2.23. The van der Waals surface area contributed by atoms with Crippen molar-refractivity contribution in [3.63, 3.8) is 0 Å². The van der Waals surface area contributed by atoms with E-state index in [1.165, 1.54) is 5.69 Å². The van der Waals surface area contributed by atoms with Gasteiger partial charge in [0.2, 0.25) is 0 Å². The van der Waals surface area contributed by atoms with Gasteiger partial charge in [-0.15, -0.1) is 0 Å². The molecule has 1 aromatic heterocycles. The SMILES string of the molecule is O=C(NC[C@H]1CCN(c2ccccc2)C1)c1ccc2c(=O)[nH]c(=S)[nH]c2c1. The molecule has 6 nitrogen and oxygen atoms in total. The Labute approximate surface area is 161 Å². The van der Waals surface area contributed by atoms with Crippen molar-refractivity contribution in [3.05, 3.63) is 69.2 Å². The maximum atomic E-state index is 12.5. The molecule has 0 spiro atoms. The van der Waals surface area contributed by atoms with Gasteiger partial charge in [0.25, 0.3) is 11.5 Å². The van der Waals surface area contributed by atoms with Crippen LogP contribution in [0.4, 0.5) is 5.69 Å². The number of anilines is 1. The molecule has 0 bridgehead atoms. The second kappa shape index (κ2) is 7.36. The molecular weight excluding hydrogens is 360 g/mol. The first kappa shape index (κ1) is 17.5. The molecule has 138 valence electrons. The molecule has 1 aliphatic heterocycles. The summed E-state index contributed by atoms with van der Waals surface area (Å²) >= 11 is 4.99. The Bertz CT molecular complexity index is 1090. The summed E-state index contributed by atoms with van der Waals surface area (Å²) in [6.45, 7) is 2.57. The number of aromatic amines is 2. The summed E-state index contributed by atoms with van der Waals surface area (Å²) in [4.78, 5) is 32.2. The molecule has 1 saturated heterocycles. The Kier molecular flexibility index (Phi) is 4.77. The van der Waals surface area contributed by atoms with Crippen molar-refractivity contribution >= 4 is 34.7 Å². The number of benzene rings is 2. The second-order valence-electron chi connectivity index (χ2n) is 6.81. The molecule has 1 fully saturated rings. The minimum atomic E-state index is -0.257. The molecule has 1 atom stereocenters. The van der Waals surface area contributed by atoms with E-state index in [1.807, 2.05) is 18.2 Å². The molecular formula is C20H20N4O2S. The maximum Gasteiger partial charge on any atom is 0.259 e. The molecule has 3 aromatic rings. The van der Waals surface area contributed by atoms with Gasteiger partial charge in [-0.3, -0.25) is 14.6 Å². The third kappa shape index (κ3) is 3.78. The van der Waals surface area contributed by atoms with E-state index >= 15 is 0 Å². The van der Waals surface area contributed by atoms with Crippen LogP contribution in [0.1, 0.15) is 16.8 Å². The number of amides is 1. The van der Waals surface area contributed by atoms with Gasteiger partial charge in [-0.1, -0.05) is 18.2 Å². The Morgan fingerprint density at radius 3 is 2.81 bits per heavy atom. The summed E-state index contributed by atoms with van der Waals surface area (Å²) < 4.78 is 0.247. The highest BCUT2D eigenvalue weighted by Gasteiger charge is 2.23. The number of fused-ring (bicyclic) bond motifs is 1. The van der Waals surface area contributed by atoms with Crippen LogP contribution in [0, 0.1) is 10.7 Å². The normalized spacial score (nSPS) is 16.6. The van der Waals surface area contributed by atoms with Gasteiger partial charge >= 0.3 is 0 Å². The number of aromatic nitrogens is 2. The lowest BCUT2D eigenvalue weighted by molar-refractivity contribution is 0.0948. The first-order chi connectivity index (χ1) is 13.1. The van der Waals surface area contributed by atoms with Crippen molar-refractivity contribution in [3.8, 4) is 0 Å². The highest BCUT2D eigenvalue weighted by atomic mass is 32.1. The number of nitrogens with one attached hydrogen (secondary N) is 3. The van der Waals surface area contributed by atoms with Crippen LogP contribution in [0.5, 0.6) is 0 Å². The lowest BCUT2D eigenvalue weighted by Crippen LogP contribution is -2.31. The fourth-order valence-corrected chi connectivity index (χ4v) is 3.73. The third-order valence-corrected chi connectivity index (χ3v) is 5.16. The van der Waals surface area contributed by atoms with Crippen molar-refractivity contribution < 1.29 is 4.79 Å². The van der Waals surface area contributed by atoms with Gasteiger partial charge < -0.3 is 15.2 Å². The number of rotatable bonds is 4. The smallest absolute Gasteiger partial charge is 0.259 e. The van der Waals surface area contributed by atoms with Gasteiger partial charge in [0.15, 0.2) is 4.77 Å². The van der Waals surface area contributed by atoms with E-state index < -0.39 is 0 Å². The third-order valence-electron chi connectivity index (χ3n) is 4.96. The minimum absolute atomic E-state index is 0.144. The van der Waals surface area contributed by atoms with Crippen LogP contribution in [-0.2, 0) is 0 Å². The van der Waals surface area contributed by atoms with Crippen LogP contribution in [0.25, 0.3) is 10.9 Å². The molecule has 1 amide bonds. The number of para-hydroxylation sites is 1. The number of H-pyrrole nitrogens is 2. The highest BCUT2D eigenvalue weighted by molar-refractivity contribution is 7.71. The van der Waals surface area contributed by atoms with E-state index in [1.54, 1.807) is 18.2 Å². The number of carbonyl (C=O) groups is 1. The molecule has 2 aromatic carbocycles. The fraction of sp³-hybridized carbons (Fsp3) is 0.250. The van der Waals surface area contributed by atoms with Gasteiger partial charge in [0, 0.05) is 30.9 Å². The largest absolute Gasteiger partial charge is 0.371 e. The summed E-state index contributed by atoms with van der Waals surface area (Å²) in [6, 6.07) is 15.3. The first-order valence-corrected chi connectivity index (χ1v) is 9.35. The Hall–Kier alpha value is -2.93. The molecule has 0 aliphatic carbocycles. The summed E-state index contributed by atoms with van der Waals surface area (Å²) in [5.74, 6) is 0.276. The van der Waals surface area contributed by atoms with E-state index in [2.05, 4.69) is 32.3 Å². The minimum Gasteiger partial charge on any atom is -0.371 e. The van der Waals surface area contributed by atoms with Gasteiger partial charge in [-0.25, -0.2) is 0 Å². The standard InChI is InChI=1S/C20H20N4O2S/c25-18(14-6-7-16-17(10-14)22-20(27)23-19(16)26)21-11-13-8-9-24(12-13)15-4-2-1-3-5-15/h1-7,10,13H,8-9,11-12H2,(H,21,25)(H2,22,23,26,27)/t13-/m1/s1. The van der Waals surface area contributed by atoms with Crippen LogP contribution in [-0.4, -0.2) is 35.5 Å². The molecule has 0 unspecified atom stereocenters. The molecule has 27 heavy (non-hydrogen) atoms. The van der Waals surface area contributed by atoms with Gasteiger partial charge in [0.05, 0.1) is 10.9 Å². The number of nitrogens with zero attached hydrogens (tertiary/aromatic N) is 1. The average molecular weight is 380 g/mol. The predicted molar refractivity (Wildman–Crippen MR) is 109 cm³/mol. The van der Waals surface area contributed by atoms with Crippen LogP contribution in [0.2, 0.25) is 0 Å². The molecule has 0 radical (unpaired) electrons. The molecule has 0 saturated carbocycles. The number of carbonyl (C=O) groups excluding carboxylic acids is 1. The fourth-order valence-electron chi connectivity index (χ4n) is 3.52. The van der Waals surface area contributed by atoms with Crippen molar-refractivity contribution in [2.24, 2.45) is 5.92 Å². The summed E-state index contributed by atoms with van der Waals surface area (Å²) in [5.41, 5.74) is 2.04. The molecule has 4 rings (SSSR count). The van der Waals surface area contributed by atoms with E-state index in [0.717, 1.165) is 19.5 Å². The van der Waals surface area contributed by atoms with Gasteiger partial charge in [-0.2, -0.15) is 0 Å². The second-order valence-corrected chi connectivity index (χ2v) is 7.22. The Balaban J connectivity index is 1.41. The van der Waals surface area contributed by atoms with Crippen molar-refractivity contribution in [1.82, 2.24) is 15.3 Å². The topological polar surface area (TPSA) is 81.0 Å². The van der Waals surface area contributed by atoms with Crippen molar-refractivity contribution in [2.75, 3.05) is 24.5 Å². The lowest BCUT2D eigenvalue weighted by Gasteiger charge is -2.18. The summed E-state index contributed by atoms with van der Waals surface area (Å²) in [7, 11) is 0. The number of hydrogen-bond donors (Lipinski definition) is 3. The predicted octanol–water partition coefficient (Wildman–Crippen LogP) is 2.84. The summed E-state index contributed by atoms with van der Waals surface area (Å²) in [6.07, 6.45) is 1.05. The van der Waals surface area contributed by atoms with E-state index in [9.17, 15) is 9.59 Å². The van der Waals surface area contributed by atoms with Gasteiger partial charge in [-0.05, 0) is 54.9 Å². The molecule has 1 aliphatic rings. The monoisotopic (exact) mass is 380 g/mol. The number of hydrogen-bond acceptors (Lipinski definition) is 4. The Morgan fingerprint density at radius 2 is 2.00 bits per heavy atom. The van der Waals surface area contributed by atoms with Crippen LogP contribution in [0.15, 0.2) is 53.3 Å². The zero-order valence-electron chi connectivity index (χ0n) is 14.7. The molecule has 3 N–H and O–H groups in total. The maximum absolute atomic E-state index is 12.5. The van der Waals surface area contributed by atoms with E-state index in [4.69, 9.17) is 12.2 Å². The van der Waals surface area contributed by atoms with Crippen molar-refractivity contribution in [1.29, 1.82) is 0 Å². The lowest BCUT2D eigenvalue weighted by atomic mass is 10.1. The van der Waals surface area contributed by atoms with Gasteiger partial charge in [0.1, 0.15) is 0 Å². The summed E-state index contributed by atoms with van der Waals surface area (Å²) in [5, 5.41) is 3.50. The van der Waals surface area contributed by atoms with Crippen LogP contribution < -0.4 is 15.8 Å². The van der Waals surface area contributed by atoms with Crippen molar-refractivity contribution in [2.45, 2.75) is 6.42 Å². The quantitative estimate of drug-likeness (QED) is 0.608. The molecule has 2 heterocycles. The first-order valence-electron chi connectivity index (χ1n) is 8.95. The average Bonchev–Trinajstić information content (AvgIpc) is 3.15. The van der Waals surface area contributed by atoms with Crippen LogP contribution >= 0.6 is 12.2 Å². The van der Waals surface area contributed by atoms with Crippen LogP contribution in [0.3, 0.4) is 0 Å². The zero-order chi connectivity index (χ0) is 18.8. The van der Waals surface area contributed by atoms with E-state index in [0.29, 0.717) is 28.9 Å².